The third kappa shape index (κ3) is 4.61. The molecule has 4 rings (SSSR count). The van der Waals surface area contributed by atoms with Gasteiger partial charge in [0.05, 0.1) is 5.69 Å². The molecule has 2 nitrogen and oxygen atoms in total. The minimum absolute atomic E-state index is 0. The van der Waals surface area contributed by atoms with Gasteiger partial charge >= 0.3 is 21.1 Å². The SMILES string of the molecule is Cc1c(F)c(-c2cccc(C(C)(C)c3ccccn3)n2)[c-]c(C(C)(C)c2[c-]cccc2)c1F.[Pt+2]. The van der Waals surface area contributed by atoms with Crippen LogP contribution in [0.4, 0.5) is 8.78 Å². The molecule has 5 heteroatoms. The zero-order chi connectivity index (χ0) is 23.8. The Morgan fingerprint density at radius 1 is 0.794 bits per heavy atom. The topological polar surface area (TPSA) is 25.8 Å². The van der Waals surface area contributed by atoms with Crippen molar-refractivity contribution in [2.45, 2.75) is 45.4 Å². The molecule has 0 saturated heterocycles. The molecule has 0 unspecified atom stereocenters. The van der Waals surface area contributed by atoms with Crippen LogP contribution in [0.5, 0.6) is 0 Å². The van der Waals surface area contributed by atoms with Gasteiger partial charge in [-0.3, -0.25) is 13.8 Å². The zero-order valence-corrected chi connectivity index (χ0v) is 22.1. The van der Waals surface area contributed by atoms with Gasteiger partial charge in [0, 0.05) is 28.9 Å². The molecule has 34 heavy (non-hydrogen) atoms. The predicted octanol–water partition coefficient (Wildman–Crippen LogP) is 6.98. The first-order chi connectivity index (χ1) is 15.6. The molecule has 0 radical (unpaired) electrons. The summed E-state index contributed by atoms with van der Waals surface area (Å²) in [6.45, 7) is 9.29. The molecular weight excluding hydrogens is 609 g/mol. The van der Waals surface area contributed by atoms with Crippen LogP contribution in [0.15, 0.2) is 66.9 Å². The number of hydrogen-bond acceptors (Lipinski definition) is 2. The molecule has 0 atom stereocenters. The summed E-state index contributed by atoms with van der Waals surface area (Å²) in [5.41, 5.74) is 1.95. The van der Waals surface area contributed by atoms with Gasteiger partial charge < -0.3 is 4.98 Å². The van der Waals surface area contributed by atoms with Crippen LogP contribution in [-0.2, 0) is 31.9 Å². The number of halogens is 2. The van der Waals surface area contributed by atoms with Gasteiger partial charge in [-0.1, -0.05) is 55.7 Å². The summed E-state index contributed by atoms with van der Waals surface area (Å²) < 4.78 is 30.7. The van der Waals surface area contributed by atoms with E-state index >= 15 is 8.78 Å². The normalized spacial score (nSPS) is 11.7. The molecular formula is C29H26F2N2Pt. The maximum Gasteiger partial charge on any atom is 2.00 e. The maximum absolute atomic E-state index is 15.3. The van der Waals surface area contributed by atoms with Crippen LogP contribution in [0.25, 0.3) is 11.3 Å². The Morgan fingerprint density at radius 3 is 2.15 bits per heavy atom. The molecule has 2 aromatic heterocycles. The molecule has 2 heterocycles. The van der Waals surface area contributed by atoms with Gasteiger partial charge in [0.25, 0.3) is 0 Å². The summed E-state index contributed by atoms with van der Waals surface area (Å²) in [7, 11) is 0. The van der Waals surface area contributed by atoms with E-state index in [1.807, 2.05) is 76.2 Å². The summed E-state index contributed by atoms with van der Waals surface area (Å²) in [6, 6.07) is 24.8. The summed E-state index contributed by atoms with van der Waals surface area (Å²) in [5.74, 6) is -1.24. The average molecular weight is 636 g/mol. The van der Waals surface area contributed by atoms with Crippen molar-refractivity contribution in [3.8, 4) is 11.3 Å². The largest absolute Gasteiger partial charge is 2.00 e. The van der Waals surface area contributed by atoms with Gasteiger partial charge in [0.2, 0.25) is 0 Å². The van der Waals surface area contributed by atoms with Crippen molar-refractivity contribution < 1.29 is 29.8 Å². The van der Waals surface area contributed by atoms with Gasteiger partial charge in [-0.05, 0) is 43.2 Å². The van der Waals surface area contributed by atoms with E-state index in [4.69, 9.17) is 4.98 Å². The predicted molar refractivity (Wildman–Crippen MR) is 127 cm³/mol. The third-order valence-corrected chi connectivity index (χ3v) is 6.31. The number of nitrogens with zero attached hydrogens (tertiary/aromatic N) is 2. The molecule has 2 aromatic carbocycles. The van der Waals surface area contributed by atoms with Crippen molar-refractivity contribution >= 4 is 0 Å². The van der Waals surface area contributed by atoms with Crippen molar-refractivity contribution in [2.24, 2.45) is 0 Å². The van der Waals surface area contributed by atoms with Crippen LogP contribution in [-0.4, -0.2) is 9.97 Å². The van der Waals surface area contributed by atoms with Crippen molar-refractivity contribution in [2.75, 3.05) is 0 Å². The maximum atomic E-state index is 15.3. The van der Waals surface area contributed by atoms with Crippen molar-refractivity contribution in [1.29, 1.82) is 0 Å². The molecule has 0 saturated carbocycles. The van der Waals surface area contributed by atoms with Crippen LogP contribution in [0.2, 0.25) is 0 Å². The monoisotopic (exact) mass is 635 g/mol. The Morgan fingerprint density at radius 2 is 1.50 bits per heavy atom. The van der Waals surface area contributed by atoms with Crippen LogP contribution >= 0.6 is 0 Å². The minimum atomic E-state index is -0.761. The van der Waals surface area contributed by atoms with E-state index in [-0.39, 0.29) is 37.8 Å². The van der Waals surface area contributed by atoms with E-state index in [2.05, 4.69) is 17.1 Å². The number of rotatable bonds is 5. The standard InChI is InChI=1S/C29H26F2N2.Pt/c1-19-26(30)21(18-22(27(19)31)28(2,3)20-12-7-6-8-13-20)23-14-11-16-25(33-23)29(4,5)24-15-9-10-17-32-24;/h6-12,14-17H,1-5H3;/q-2;+2. The Hall–Kier alpha value is -2.71. The van der Waals surface area contributed by atoms with Crippen LogP contribution in [0.1, 0.15) is 55.8 Å². The molecule has 4 aromatic rings. The molecule has 0 amide bonds. The number of aromatic nitrogens is 2. The molecule has 0 aliphatic carbocycles. The quantitative estimate of drug-likeness (QED) is 0.221. The van der Waals surface area contributed by atoms with Gasteiger partial charge in [-0.15, -0.1) is 6.07 Å². The first kappa shape index (κ1) is 25.9. The second-order valence-corrected chi connectivity index (χ2v) is 9.28. The number of benzene rings is 2. The first-order valence-corrected chi connectivity index (χ1v) is 10.9. The number of hydrogen-bond donors (Lipinski definition) is 0. The van der Waals surface area contributed by atoms with E-state index in [1.54, 1.807) is 18.3 Å². The van der Waals surface area contributed by atoms with Crippen LogP contribution < -0.4 is 0 Å². The van der Waals surface area contributed by atoms with Gasteiger partial charge in [-0.25, -0.2) is 0 Å². The van der Waals surface area contributed by atoms with E-state index in [9.17, 15) is 0 Å². The minimum Gasteiger partial charge on any atom is -0.300 e. The molecule has 0 aliphatic heterocycles. The van der Waals surface area contributed by atoms with E-state index < -0.39 is 22.5 Å². The summed E-state index contributed by atoms with van der Waals surface area (Å²) in [4.78, 5) is 9.25. The summed E-state index contributed by atoms with van der Waals surface area (Å²) in [5, 5.41) is 0. The first-order valence-electron chi connectivity index (χ1n) is 10.9. The van der Waals surface area contributed by atoms with Crippen LogP contribution in [0.3, 0.4) is 0 Å². The molecule has 0 aliphatic rings. The molecule has 0 spiro atoms. The fourth-order valence-electron chi connectivity index (χ4n) is 4.02. The zero-order valence-electron chi connectivity index (χ0n) is 19.8. The Kier molecular flexibility index (Phi) is 7.52. The molecule has 0 N–H and O–H groups in total. The summed E-state index contributed by atoms with van der Waals surface area (Å²) >= 11 is 0. The van der Waals surface area contributed by atoms with E-state index in [1.165, 1.54) is 6.92 Å². The second-order valence-electron chi connectivity index (χ2n) is 9.28. The van der Waals surface area contributed by atoms with E-state index in [0.717, 1.165) is 17.0 Å². The van der Waals surface area contributed by atoms with Crippen molar-refractivity contribution in [1.82, 2.24) is 9.97 Å². The van der Waals surface area contributed by atoms with Crippen molar-refractivity contribution in [3.05, 3.63) is 119 Å². The fourth-order valence-corrected chi connectivity index (χ4v) is 4.02. The Balaban J connectivity index is 0.00000324. The second kappa shape index (κ2) is 9.88. The smallest absolute Gasteiger partial charge is 0.300 e. The molecule has 0 bridgehead atoms. The van der Waals surface area contributed by atoms with Gasteiger partial charge in [0.1, 0.15) is 0 Å². The third-order valence-electron chi connectivity index (χ3n) is 6.31. The number of pyridine rings is 2. The Labute approximate surface area is 214 Å². The van der Waals surface area contributed by atoms with Gasteiger partial charge in [-0.2, -0.15) is 35.9 Å². The summed E-state index contributed by atoms with van der Waals surface area (Å²) in [6.07, 6.45) is 1.74. The molecule has 176 valence electrons. The fraction of sp³-hybridized carbons (Fsp3) is 0.241. The van der Waals surface area contributed by atoms with Gasteiger partial charge in [0.15, 0.2) is 0 Å². The van der Waals surface area contributed by atoms with Crippen molar-refractivity contribution in [3.63, 3.8) is 0 Å². The van der Waals surface area contributed by atoms with Crippen LogP contribution in [0, 0.1) is 30.7 Å². The molecule has 0 fully saturated rings. The Bertz CT molecular complexity index is 1290. The van der Waals surface area contributed by atoms with E-state index in [0.29, 0.717) is 5.69 Å². The average Bonchev–Trinajstić information content (AvgIpc) is 2.84.